The molecule has 1 atom stereocenters. The molecule has 6 heteroatoms. The van der Waals surface area contributed by atoms with Gasteiger partial charge in [-0.25, -0.2) is 0 Å². The summed E-state index contributed by atoms with van der Waals surface area (Å²) in [4.78, 5) is 17.3. The molecule has 0 bridgehead atoms. The highest BCUT2D eigenvalue weighted by Gasteiger charge is 2.30. The quantitative estimate of drug-likeness (QED) is 0.588. The number of ketones is 1. The average molecular weight is 405 g/mol. The molecule has 0 amide bonds. The molecule has 0 spiro atoms. The van der Waals surface area contributed by atoms with Crippen molar-refractivity contribution in [2.75, 3.05) is 13.7 Å². The lowest BCUT2D eigenvalue weighted by Gasteiger charge is -2.12. The normalized spacial score (nSPS) is 17.9. The summed E-state index contributed by atoms with van der Waals surface area (Å²) in [6, 6.07) is 8.09. The first-order valence-corrected chi connectivity index (χ1v) is 10.7. The largest absolute Gasteiger partial charge is 0.497 e. The van der Waals surface area contributed by atoms with Crippen molar-refractivity contribution < 1.29 is 14.3 Å². The summed E-state index contributed by atoms with van der Waals surface area (Å²) in [5.41, 5.74) is 5.64. The van der Waals surface area contributed by atoms with Crippen LogP contribution in [0.2, 0.25) is 0 Å². The molecule has 0 saturated heterocycles. The predicted octanol–water partition coefficient (Wildman–Crippen LogP) is 4.23. The second kappa shape index (κ2) is 7.42. The molecule has 2 heterocycles. The van der Waals surface area contributed by atoms with Gasteiger partial charge in [-0.15, -0.1) is 0 Å². The fourth-order valence-corrected chi connectivity index (χ4v) is 4.66. The highest BCUT2D eigenvalue weighted by Crippen LogP contribution is 2.43. The number of Topliss-reactive ketones (excluding diaryl/α,β-unsaturated/α-hetero) is 1. The van der Waals surface area contributed by atoms with E-state index in [2.05, 4.69) is 29.1 Å². The molecule has 156 valence electrons. The fourth-order valence-electron chi connectivity index (χ4n) is 4.66. The lowest BCUT2D eigenvalue weighted by atomic mass is 9.96. The van der Waals surface area contributed by atoms with Crippen LogP contribution in [0.4, 0.5) is 0 Å². The van der Waals surface area contributed by atoms with Crippen LogP contribution in [0.25, 0.3) is 11.0 Å². The van der Waals surface area contributed by atoms with E-state index in [1.54, 1.807) is 7.11 Å². The molecule has 2 aliphatic rings. The van der Waals surface area contributed by atoms with Gasteiger partial charge in [-0.1, -0.05) is 6.07 Å². The van der Waals surface area contributed by atoms with E-state index in [9.17, 15) is 4.79 Å². The van der Waals surface area contributed by atoms with Crippen molar-refractivity contribution >= 4 is 16.8 Å². The number of hydrogen-bond donors (Lipinski definition) is 0. The van der Waals surface area contributed by atoms with Gasteiger partial charge in [0.25, 0.3) is 0 Å². The standard InChI is InChI=1S/C24H27N3O3/c1-14-10-21(25-24-22(14)23(15-4-5-15)26-27(24)2)30-13-18(28)11-16-6-7-17-12-19(29-3)8-9-20(16)17/h8-10,12,15-16H,4-7,11,13H2,1-3H3/t16-/m1/s1. The van der Waals surface area contributed by atoms with Gasteiger partial charge in [-0.05, 0) is 67.3 Å². The Morgan fingerprint density at radius 3 is 2.83 bits per heavy atom. The minimum atomic E-state index is 0.0489. The topological polar surface area (TPSA) is 66.2 Å². The number of fused-ring (bicyclic) bond motifs is 2. The zero-order valence-electron chi connectivity index (χ0n) is 17.8. The molecule has 1 fully saturated rings. The van der Waals surface area contributed by atoms with Gasteiger partial charge in [0, 0.05) is 30.8 Å². The van der Waals surface area contributed by atoms with Gasteiger partial charge in [-0.3, -0.25) is 9.48 Å². The van der Waals surface area contributed by atoms with E-state index in [-0.39, 0.29) is 18.3 Å². The van der Waals surface area contributed by atoms with E-state index in [4.69, 9.17) is 9.47 Å². The van der Waals surface area contributed by atoms with Gasteiger partial charge in [0.2, 0.25) is 5.88 Å². The van der Waals surface area contributed by atoms with Crippen LogP contribution < -0.4 is 9.47 Å². The number of pyridine rings is 1. The molecule has 30 heavy (non-hydrogen) atoms. The van der Waals surface area contributed by atoms with E-state index in [1.165, 1.54) is 24.0 Å². The molecule has 2 aromatic heterocycles. The van der Waals surface area contributed by atoms with Crippen molar-refractivity contribution in [3.05, 3.63) is 46.6 Å². The Bertz CT molecular complexity index is 1130. The van der Waals surface area contributed by atoms with E-state index in [1.807, 2.05) is 23.9 Å². The molecular weight excluding hydrogens is 378 g/mol. The van der Waals surface area contributed by atoms with Crippen molar-refractivity contribution in [1.82, 2.24) is 14.8 Å². The Morgan fingerprint density at radius 2 is 2.07 bits per heavy atom. The van der Waals surface area contributed by atoms with Crippen molar-refractivity contribution in [2.45, 2.75) is 50.9 Å². The average Bonchev–Trinajstić information content (AvgIpc) is 3.43. The summed E-state index contributed by atoms with van der Waals surface area (Å²) >= 11 is 0. The number of carbonyl (C=O) groups excluding carboxylic acids is 1. The lowest BCUT2D eigenvalue weighted by Crippen LogP contribution is -2.15. The van der Waals surface area contributed by atoms with Crippen LogP contribution in [0, 0.1) is 6.92 Å². The Kier molecular flexibility index (Phi) is 4.72. The summed E-state index contributed by atoms with van der Waals surface area (Å²) in [6.07, 6.45) is 4.89. The SMILES string of the molecule is COc1ccc2c(c1)CC[C@@H]2CC(=O)COc1cc(C)c2c(C3CC3)nn(C)c2n1. The highest BCUT2D eigenvalue weighted by atomic mass is 16.5. The summed E-state index contributed by atoms with van der Waals surface area (Å²) in [7, 11) is 3.60. The number of carbonyl (C=O) groups is 1. The Balaban J connectivity index is 1.26. The Labute approximate surface area is 176 Å². The molecular formula is C24H27N3O3. The maximum atomic E-state index is 12.6. The molecule has 0 unspecified atom stereocenters. The molecule has 0 aliphatic heterocycles. The number of benzene rings is 1. The third kappa shape index (κ3) is 3.44. The number of ether oxygens (including phenoxy) is 2. The predicted molar refractivity (Wildman–Crippen MR) is 114 cm³/mol. The maximum Gasteiger partial charge on any atom is 0.215 e. The van der Waals surface area contributed by atoms with Crippen LogP contribution in [-0.4, -0.2) is 34.3 Å². The zero-order valence-corrected chi connectivity index (χ0v) is 17.8. The van der Waals surface area contributed by atoms with Crippen LogP contribution in [0.1, 0.15) is 59.9 Å². The van der Waals surface area contributed by atoms with Gasteiger partial charge < -0.3 is 9.47 Å². The van der Waals surface area contributed by atoms with E-state index in [0.29, 0.717) is 18.2 Å². The van der Waals surface area contributed by atoms with Crippen LogP contribution >= 0.6 is 0 Å². The zero-order chi connectivity index (χ0) is 20.8. The van der Waals surface area contributed by atoms with Crippen molar-refractivity contribution in [3.8, 4) is 11.6 Å². The smallest absolute Gasteiger partial charge is 0.215 e. The van der Waals surface area contributed by atoms with Gasteiger partial charge in [0.1, 0.15) is 12.4 Å². The van der Waals surface area contributed by atoms with Gasteiger partial charge in [0.05, 0.1) is 12.8 Å². The molecule has 6 nitrogen and oxygen atoms in total. The first kappa shape index (κ1) is 19.1. The van der Waals surface area contributed by atoms with Crippen LogP contribution in [-0.2, 0) is 18.3 Å². The summed E-state index contributed by atoms with van der Waals surface area (Å²) in [5, 5.41) is 5.81. The van der Waals surface area contributed by atoms with Gasteiger partial charge in [-0.2, -0.15) is 10.1 Å². The third-order valence-corrected chi connectivity index (χ3v) is 6.37. The monoisotopic (exact) mass is 405 g/mol. The number of rotatable bonds is 7. The highest BCUT2D eigenvalue weighted by molar-refractivity contribution is 5.84. The molecule has 2 aliphatic carbocycles. The molecule has 3 aromatic rings. The van der Waals surface area contributed by atoms with Crippen LogP contribution in [0.15, 0.2) is 24.3 Å². The second-order valence-electron chi connectivity index (χ2n) is 8.59. The Hall–Kier alpha value is -2.89. The number of hydrogen-bond acceptors (Lipinski definition) is 5. The van der Waals surface area contributed by atoms with E-state index >= 15 is 0 Å². The number of aryl methyl sites for hydroxylation is 3. The Morgan fingerprint density at radius 1 is 1.23 bits per heavy atom. The third-order valence-electron chi connectivity index (χ3n) is 6.37. The second-order valence-corrected chi connectivity index (χ2v) is 8.59. The van der Waals surface area contributed by atoms with E-state index < -0.39 is 0 Å². The number of methoxy groups -OCH3 is 1. The number of aromatic nitrogens is 3. The van der Waals surface area contributed by atoms with Crippen molar-refractivity contribution in [3.63, 3.8) is 0 Å². The van der Waals surface area contributed by atoms with Gasteiger partial charge in [0.15, 0.2) is 11.4 Å². The van der Waals surface area contributed by atoms with Crippen molar-refractivity contribution in [1.29, 1.82) is 0 Å². The molecule has 0 N–H and O–H groups in total. The molecule has 5 rings (SSSR count). The summed E-state index contributed by atoms with van der Waals surface area (Å²) < 4.78 is 12.9. The minimum absolute atomic E-state index is 0.0489. The number of nitrogens with zero attached hydrogens (tertiary/aromatic N) is 3. The summed E-state index contributed by atoms with van der Waals surface area (Å²) in [6.45, 7) is 2.11. The van der Waals surface area contributed by atoms with Crippen LogP contribution in [0.3, 0.4) is 0 Å². The fraction of sp³-hybridized carbons (Fsp3) is 0.458. The molecule has 0 radical (unpaired) electrons. The lowest BCUT2D eigenvalue weighted by molar-refractivity contribution is -0.121. The minimum Gasteiger partial charge on any atom is -0.497 e. The van der Waals surface area contributed by atoms with Crippen LogP contribution in [0.5, 0.6) is 11.6 Å². The van der Waals surface area contributed by atoms with Crippen molar-refractivity contribution in [2.24, 2.45) is 7.05 Å². The first-order chi connectivity index (χ1) is 14.5. The first-order valence-electron chi connectivity index (χ1n) is 10.7. The maximum absolute atomic E-state index is 12.6. The summed E-state index contributed by atoms with van der Waals surface area (Å²) in [5.74, 6) is 2.30. The molecule has 1 aromatic carbocycles. The molecule has 1 saturated carbocycles. The van der Waals surface area contributed by atoms with E-state index in [0.717, 1.165) is 40.9 Å². The van der Waals surface area contributed by atoms with Gasteiger partial charge >= 0.3 is 0 Å².